The Hall–Kier alpha value is -1.62. The summed E-state index contributed by atoms with van der Waals surface area (Å²) >= 11 is 0. The molecule has 0 radical (unpaired) electrons. The topological polar surface area (TPSA) is 54.5 Å². The Balaban J connectivity index is 2.07. The van der Waals surface area contributed by atoms with E-state index in [1.165, 1.54) is 19.3 Å². The molecule has 1 fully saturated rings. The van der Waals surface area contributed by atoms with E-state index in [1.54, 1.807) is 13.3 Å². The monoisotopic (exact) mass is 291 g/mol. The minimum Gasteiger partial charge on any atom is -0.383 e. The number of ether oxygens (including phenoxy) is 1. The number of carbonyl (C=O) groups excluding carboxylic acids is 1. The van der Waals surface area contributed by atoms with Crippen LogP contribution in [0.1, 0.15) is 43.1 Å². The van der Waals surface area contributed by atoms with Crippen LogP contribution in [0.5, 0.6) is 0 Å². The summed E-state index contributed by atoms with van der Waals surface area (Å²) in [6.45, 7) is 4.30. The third kappa shape index (κ3) is 4.17. The highest BCUT2D eigenvalue weighted by Gasteiger charge is 2.21. The number of carbonyl (C=O) groups is 1. The summed E-state index contributed by atoms with van der Waals surface area (Å²) in [5, 5.41) is 2.81. The number of nitrogens with one attached hydrogen (secondary N) is 1. The van der Waals surface area contributed by atoms with Gasteiger partial charge < -0.3 is 15.0 Å². The van der Waals surface area contributed by atoms with E-state index in [0.717, 1.165) is 18.7 Å². The molecule has 0 bridgehead atoms. The molecule has 1 aliphatic rings. The zero-order valence-corrected chi connectivity index (χ0v) is 13.0. The lowest BCUT2D eigenvalue weighted by Crippen LogP contribution is -2.39. The number of hydrogen-bond donors (Lipinski definition) is 1. The minimum atomic E-state index is -0.140. The molecule has 0 saturated carbocycles. The minimum absolute atomic E-state index is 0.140. The summed E-state index contributed by atoms with van der Waals surface area (Å²) < 4.78 is 4.93. The summed E-state index contributed by atoms with van der Waals surface area (Å²) in [5.41, 5.74) is 1.58. The summed E-state index contributed by atoms with van der Waals surface area (Å²) in [6, 6.07) is 4.47. The van der Waals surface area contributed by atoms with Crippen LogP contribution in [-0.2, 0) is 4.74 Å². The first-order valence-electron chi connectivity index (χ1n) is 7.76. The van der Waals surface area contributed by atoms with Crippen molar-refractivity contribution in [3.8, 4) is 0 Å². The van der Waals surface area contributed by atoms with Gasteiger partial charge in [-0.05, 0) is 37.8 Å². The maximum absolute atomic E-state index is 12.1. The first-order chi connectivity index (χ1) is 10.3. The Morgan fingerprint density at radius 2 is 2.38 bits per heavy atom. The number of piperidine rings is 1. The molecule has 0 aliphatic carbocycles. The second-order valence-corrected chi connectivity index (χ2v) is 5.40. The van der Waals surface area contributed by atoms with E-state index >= 15 is 0 Å². The molecule has 0 aromatic carbocycles. The maximum Gasteiger partial charge on any atom is 0.270 e. The van der Waals surface area contributed by atoms with Crippen LogP contribution < -0.4 is 10.2 Å². The van der Waals surface area contributed by atoms with Crippen molar-refractivity contribution in [3.05, 3.63) is 24.0 Å². The van der Waals surface area contributed by atoms with Crippen molar-refractivity contribution in [2.75, 3.05) is 31.7 Å². The van der Waals surface area contributed by atoms with Crippen molar-refractivity contribution in [2.45, 2.75) is 38.6 Å². The highest BCUT2D eigenvalue weighted by molar-refractivity contribution is 5.93. The number of anilines is 1. The van der Waals surface area contributed by atoms with E-state index in [1.807, 2.05) is 12.1 Å². The lowest BCUT2D eigenvalue weighted by atomic mass is 9.99. The van der Waals surface area contributed by atoms with Crippen LogP contribution in [0.3, 0.4) is 0 Å². The van der Waals surface area contributed by atoms with Crippen LogP contribution in [0.25, 0.3) is 0 Å². The molecule has 1 atom stereocenters. The van der Waals surface area contributed by atoms with Gasteiger partial charge >= 0.3 is 0 Å². The summed E-state index contributed by atoms with van der Waals surface area (Å²) in [5.74, 6) is -0.140. The van der Waals surface area contributed by atoms with Gasteiger partial charge in [0.1, 0.15) is 5.69 Å². The molecule has 1 aromatic rings. The predicted molar refractivity (Wildman–Crippen MR) is 83.7 cm³/mol. The summed E-state index contributed by atoms with van der Waals surface area (Å²) in [4.78, 5) is 18.7. The summed E-state index contributed by atoms with van der Waals surface area (Å²) in [6.07, 6.45) is 6.60. The molecule has 2 rings (SSSR count). The van der Waals surface area contributed by atoms with Crippen molar-refractivity contribution < 1.29 is 9.53 Å². The number of methoxy groups -OCH3 is 1. The van der Waals surface area contributed by atoms with Crippen molar-refractivity contribution in [1.29, 1.82) is 0 Å². The molecular weight excluding hydrogens is 266 g/mol. The SMILES string of the molecule is CCC1CCCCN1c1ccnc(C(=O)NCCOC)c1. The van der Waals surface area contributed by atoms with Crippen LogP contribution in [0.15, 0.2) is 18.3 Å². The van der Waals surface area contributed by atoms with Gasteiger partial charge in [-0.15, -0.1) is 0 Å². The van der Waals surface area contributed by atoms with Crippen LogP contribution >= 0.6 is 0 Å². The Labute approximate surface area is 126 Å². The van der Waals surface area contributed by atoms with E-state index in [-0.39, 0.29) is 5.91 Å². The molecule has 1 amide bonds. The van der Waals surface area contributed by atoms with Gasteiger partial charge in [0.05, 0.1) is 6.61 Å². The number of aromatic nitrogens is 1. The highest BCUT2D eigenvalue weighted by Crippen LogP contribution is 2.26. The molecule has 21 heavy (non-hydrogen) atoms. The summed E-state index contributed by atoms with van der Waals surface area (Å²) in [7, 11) is 1.62. The van der Waals surface area contributed by atoms with E-state index in [0.29, 0.717) is 24.9 Å². The molecule has 116 valence electrons. The fourth-order valence-electron chi connectivity index (χ4n) is 2.84. The van der Waals surface area contributed by atoms with Gasteiger partial charge in [-0.2, -0.15) is 0 Å². The standard InChI is InChI=1S/C16H25N3O2/c1-3-13-6-4-5-10-19(13)14-7-8-17-15(12-14)16(20)18-9-11-21-2/h7-8,12-13H,3-6,9-11H2,1-2H3,(H,18,20). The zero-order chi connectivity index (χ0) is 15.1. The Morgan fingerprint density at radius 1 is 1.52 bits per heavy atom. The van der Waals surface area contributed by atoms with E-state index < -0.39 is 0 Å². The van der Waals surface area contributed by atoms with Crippen LogP contribution in [0, 0.1) is 0 Å². The lowest BCUT2D eigenvalue weighted by Gasteiger charge is -2.37. The molecule has 1 aliphatic heterocycles. The first kappa shape index (κ1) is 15.8. The van der Waals surface area contributed by atoms with E-state index in [4.69, 9.17) is 4.74 Å². The molecule has 5 heteroatoms. The van der Waals surface area contributed by atoms with Crippen LogP contribution in [-0.4, -0.2) is 43.7 Å². The van der Waals surface area contributed by atoms with Gasteiger partial charge in [-0.1, -0.05) is 6.92 Å². The van der Waals surface area contributed by atoms with E-state index in [2.05, 4.69) is 22.1 Å². The van der Waals surface area contributed by atoms with Gasteiger partial charge in [-0.25, -0.2) is 0 Å². The molecule has 2 heterocycles. The zero-order valence-electron chi connectivity index (χ0n) is 13.0. The van der Waals surface area contributed by atoms with Gasteiger partial charge in [0.25, 0.3) is 5.91 Å². The fraction of sp³-hybridized carbons (Fsp3) is 0.625. The van der Waals surface area contributed by atoms with Gasteiger partial charge in [0.15, 0.2) is 0 Å². The second-order valence-electron chi connectivity index (χ2n) is 5.40. The Morgan fingerprint density at radius 3 is 3.14 bits per heavy atom. The highest BCUT2D eigenvalue weighted by atomic mass is 16.5. The van der Waals surface area contributed by atoms with Crippen LogP contribution in [0.4, 0.5) is 5.69 Å². The molecule has 1 saturated heterocycles. The third-order valence-corrected chi connectivity index (χ3v) is 4.00. The molecule has 5 nitrogen and oxygen atoms in total. The van der Waals surface area contributed by atoms with Crippen molar-refractivity contribution >= 4 is 11.6 Å². The number of pyridine rings is 1. The third-order valence-electron chi connectivity index (χ3n) is 4.00. The average Bonchev–Trinajstić information content (AvgIpc) is 2.55. The van der Waals surface area contributed by atoms with Crippen molar-refractivity contribution in [3.63, 3.8) is 0 Å². The van der Waals surface area contributed by atoms with E-state index in [9.17, 15) is 4.79 Å². The molecule has 1 N–H and O–H groups in total. The smallest absolute Gasteiger partial charge is 0.270 e. The Bertz CT molecular complexity index is 465. The quantitative estimate of drug-likeness (QED) is 0.817. The number of nitrogens with zero attached hydrogens (tertiary/aromatic N) is 2. The van der Waals surface area contributed by atoms with Crippen molar-refractivity contribution in [2.24, 2.45) is 0 Å². The molecule has 0 spiro atoms. The normalized spacial score (nSPS) is 18.6. The lowest BCUT2D eigenvalue weighted by molar-refractivity contribution is 0.0932. The fourth-order valence-corrected chi connectivity index (χ4v) is 2.84. The molecule has 1 aromatic heterocycles. The number of amides is 1. The van der Waals surface area contributed by atoms with Gasteiger partial charge in [-0.3, -0.25) is 9.78 Å². The second kappa shape index (κ2) is 7.98. The first-order valence-corrected chi connectivity index (χ1v) is 7.76. The number of hydrogen-bond acceptors (Lipinski definition) is 4. The predicted octanol–water partition coefficient (Wildman–Crippen LogP) is 2.23. The van der Waals surface area contributed by atoms with Gasteiger partial charge in [0, 0.05) is 38.1 Å². The molecular formula is C16H25N3O2. The Kier molecular flexibility index (Phi) is 5.99. The number of rotatable bonds is 6. The van der Waals surface area contributed by atoms with Gasteiger partial charge in [0.2, 0.25) is 0 Å². The van der Waals surface area contributed by atoms with Crippen molar-refractivity contribution in [1.82, 2.24) is 10.3 Å². The average molecular weight is 291 g/mol. The molecule has 1 unspecified atom stereocenters. The maximum atomic E-state index is 12.1. The van der Waals surface area contributed by atoms with Crippen LogP contribution in [0.2, 0.25) is 0 Å². The largest absolute Gasteiger partial charge is 0.383 e.